The third-order valence-corrected chi connectivity index (χ3v) is 18.6. The van der Waals surface area contributed by atoms with Gasteiger partial charge in [0.25, 0.3) is 5.91 Å². The Hall–Kier alpha value is -6.60. The molecule has 2 N–H and O–H groups in total. The van der Waals surface area contributed by atoms with E-state index in [-0.39, 0.29) is 46.4 Å². The van der Waals surface area contributed by atoms with Gasteiger partial charge in [0.1, 0.15) is 28.9 Å². The maximum Gasteiger partial charge on any atom is 0.319 e. The summed E-state index contributed by atoms with van der Waals surface area (Å²) in [5.74, 6) is 1.49. The van der Waals surface area contributed by atoms with E-state index >= 15 is 8.78 Å². The number of hydrogen-bond acceptors (Lipinski definition) is 11. The predicted octanol–water partition coefficient (Wildman–Crippen LogP) is 8.25. The second-order valence-electron chi connectivity index (χ2n) is 23.0. The summed E-state index contributed by atoms with van der Waals surface area (Å²) >= 11 is 0. The number of halogens is 2. The molecule has 0 radical (unpaired) electrons. The summed E-state index contributed by atoms with van der Waals surface area (Å²) in [7, 11) is 0. The van der Waals surface area contributed by atoms with Gasteiger partial charge in [0.15, 0.2) is 5.82 Å². The molecule has 8 heterocycles. The number of carbonyl (C=O) groups excluding carboxylic acids is 3. The molecule has 7 fully saturated rings. The quantitative estimate of drug-likeness (QED) is 0.102. The Balaban J connectivity index is 0.621. The van der Waals surface area contributed by atoms with Crippen molar-refractivity contribution in [2.45, 2.75) is 107 Å². The molecule has 14 rings (SSSR count). The van der Waals surface area contributed by atoms with Crippen molar-refractivity contribution in [1.29, 1.82) is 0 Å². The van der Waals surface area contributed by atoms with E-state index in [0.29, 0.717) is 75.6 Å². The van der Waals surface area contributed by atoms with Crippen LogP contribution in [0.4, 0.5) is 20.3 Å². The minimum absolute atomic E-state index is 0.00233. The van der Waals surface area contributed by atoms with E-state index in [4.69, 9.17) is 21.1 Å². The Kier molecular flexibility index (Phi) is 10.9. The smallest absolute Gasteiger partial charge is 0.319 e. The molecular formula is C59H59F2N9O4. The average molecular weight is 996 g/mol. The average Bonchev–Trinajstić information content (AvgIpc) is 4.01. The summed E-state index contributed by atoms with van der Waals surface area (Å²) < 4.78 is 38.8. The molecule has 8 aliphatic rings. The van der Waals surface area contributed by atoms with Gasteiger partial charge in [-0.25, -0.2) is 8.78 Å². The Morgan fingerprint density at radius 2 is 1.58 bits per heavy atom. The number of piperidine rings is 3. The molecule has 6 aromatic rings. The molecule has 5 saturated heterocycles. The number of pyridine rings is 1. The van der Waals surface area contributed by atoms with Gasteiger partial charge in [-0.2, -0.15) is 9.97 Å². The molecular weight excluding hydrogens is 937 g/mol. The lowest BCUT2D eigenvalue weighted by Crippen LogP contribution is -2.56. The Morgan fingerprint density at radius 3 is 2.34 bits per heavy atom. The monoisotopic (exact) mass is 995 g/mol. The third-order valence-electron chi connectivity index (χ3n) is 18.6. The van der Waals surface area contributed by atoms with Gasteiger partial charge in [-0.15, -0.1) is 6.42 Å². The minimum Gasteiger partial charge on any atom is -0.463 e. The van der Waals surface area contributed by atoms with Crippen molar-refractivity contribution < 1.29 is 27.9 Å². The van der Waals surface area contributed by atoms with E-state index in [0.717, 1.165) is 101 Å². The number of ether oxygens (including phenoxy) is 1. The van der Waals surface area contributed by atoms with Crippen LogP contribution in [-0.2, 0) is 9.59 Å². The van der Waals surface area contributed by atoms with E-state index < -0.39 is 23.6 Å². The highest BCUT2D eigenvalue weighted by Gasteiger charge is 2.51. The molecule has 2 aromatic heterocycles. The highest BCUT2D eigenvalue weighted by Crippen LogP contribution is 2.54. The maximum atomic E-state index is 17.1. The van der Waals surface area contributed by atoms with Crippen LogP contribution in [0.15, 0.2) is 66.9 Å². The molecule has 2 aliphatic carbocycles. The number of anilines is 2. The Labute approximate surface area is 428 Å². The lowest BCUT2D eigenvalue weighted by atomic mass is 9.59. The standard InChI is InChI=1S/C59H59F2N9O4/c1-2-39-45(60)13-9-35-5-3-7-42(49(35)39)52-51(61)53-44(29-62-52)54(69-30-36-10-11-37(31-69)63-36)66-57(65-53)74-33-59(19-20-59)32-67-25-21-58(22-26-67)27-38(28-58)68-23-17-34(18-24-68)40-12-14-46-50-41(40)6-4-8-43(50)56(73)70(46)47-15-16-48(71)64-55(47)72/h1,3-9,12-14,29,34,36-38,47,63H,10-11,15-28,30-33H2,(H,64,71,72). The molecule has 13 nitrogen and oxygen atoms in total. The van der Waals surface area contributed by atoms with Crippen molar-refractivity contribution in [1.82, 2.24) is 35.4 Å². The van der Waals surface area contributed by atoms with Crippen LogP contribution < -0.4 is 25.2 Å². The van der Waals surface area contributed by atoms with E-state index in [1.54, 1.807) is 29.3 Å². The molecule has 4 aromatic carbocycles. The second-order valence-corrected chi connectivity index (χ2v) is 23.0. The first-order valence-electron chi connectivity index (χ1n) is 26.9. The largest absolute Gasteiger partial charge is 0.463 e. The predicted molar refractivity (Wildman–Crippen MR) is 279 cm³/mol. The van der Waals surface area contributed by atoms with Crippen molar-refractivity contribution in [3.8, 4) is 29.6 Å². The molecule has 3 unspecified atom stereocenters. The van der Waals surface area contributed by atoms with Crippen LogP contribution in [-0.4, -0.2) is 119 Å². The van der Waals surface area contributed by atoms with Crippen LogP contribution in [0.25, 0.3) is 43.7 Å². The van der Waals surface area contributed by atoms with Gasteiger partial charge >= 0.3 is 6.01 Å². The van der Waals surface area contributed by atoms with Gasteiger partial charge in [-0.3, -0.25) is 29.6 Å². The highest BCUT2D eigenvalue weighted by atomic mass is 19.1. The van der Waals surface area contributed by atoms with Gasteiger partial charge in [-0.1, -0.05) is 48.4 Å². The van der Waals surface area contributed by atoms with Crippen molar-refractivity contribution in [2.24, 2.45) is 10.8 Å². The highest BCUT2D eigenvalue weighted by molar-refractivity contribution is 6.27. The number of benzene rings is 4. The first-order valence-corrected chi connectivity index (χ1v) is 26.9. The van der Waals surface area contributed by atoms with Gasteiger partial charge < -0.3 is 24.8 Å². The third kappa shape index (κ3) is 7.64. The number of nitrogens with one attached hydrogen (secondary N) is 2. The lowest BCUT2D eigenvalue weighted by Gasteiger charge is -2.56. The van der Waals surface area contributed by atoms with Crippen LogP contribution in [0.5, 0.6) is 6.01 Å². The summed E-state index contributed by atoms with van der Waals surface area (Å²) in [6.45, 7) is 7.18. The normalized spacial score (nSPS) is 24.8. The minimum atomic E-state index is -0.685. The molecule has 3 amide bonds. The van der Waals surface area contributed by atoms with Crippen molar-refractivity contribution >= 4 is 61.7 Å². The van der Waals surface area contributed by atoms with E-state index in [1.807, 2.05) is 24.3 Å². The number of likely N-dealkylation sites (tertiary alicyclic amines) is 2. The SMILES string of the molecule is C#Cc1c(F)ccc2cccc(-c3ncc4c(N5CC6CCC(C5)N6)nc(OCC5(CN6CCC7(CC6)CC(N6CCC(c8ccc9c%10c(cccc8%10)C(=O)N9C8CCC(=O)NC8=O)CC6)C7)CC5)nc4c3F)c12. The zero-order valence-corrected chi connectivity index (χ0v) is 41.5. The number of piperazine rings is 1. The summed E-state index contributed by atoms with van der Waals surface area (Å²) in [5.41, 5.74) is 3.76. The zero-order valence-electron chi connectivity index (χ0n) is 41.5. The second kappa shape index (κ2) is 17.5. The fourth-order valence-corrected chi connectivity index (χ4v) is 14.4. The number of carbonyl (C=O) groups is 3. The molecule has 378 valence electrons. The summed E-state index contributed by atoms with van der Waals surface area (Å²) in [6.07, 6.45) is 19.4. The van der Waals surface area contributed by atoms with Crippen LogP contribution in [0.2, 0.25) is 0 Å². The molecule has 74 heavy (non-hydrogen) atoms. The molecule has 6 aliphatic heterocycles. The van der Waals surface area contributed by atoms with Gasteiger partial charge in [0, 0.05) is 77.7 Å². The van der Waals surface area contributed by atoms with Crippen LogP contribution in [0.3, 0.4) is 0 Å². The van der Waals surface area contributed by atoms with Crippen LogP contribution in [0, 0.1) is 34.8 Å². The maximum absolute atomic E-state index is 17.1. The number of nitrogens with zero attached hydrogens (tertiary/aromatic N) is 7. The van der Waals surface area contributed by atoms with Crippen molar-refractivity contribution in [3.63, 3.8) is 0 Å². The topological polar surface area (TPSA) is 136 Å². The summed E-state index contributed by atoms with van der Waals surface area (Å²) in [6, 6.07) is 19.3. The van der Waals surface area contributed by atoms with Crippen molar-refractivity contribution in [2.75, 3.05) is 62.2 Å². The molecule has 2 saturated carbocycles. The number of aromatic nitrogens is 3. The van der Waals surface area contributed by atoms with Crippen LogP contribution in [0.1, 0.15) is 104 Å². The number of hydrogen-bond donors (Lipinski definition) is 2. The first kappa shape index (κ1) is 46.0. The van der Waals surface area contributed by atoms with Gasteiger partial charge in [-0.05, 0) is 143 Å². The number of fused-ring (bicyclic) bond motifs is 4. The number of rotatable bonds is 10. The summed E-state index contributed by atoms with van der Waals surface area (Å²) in [5, 5.41) is 9.81. The number of imide groups is 1. The number of amides is 3. The zero-order chi connectivity index (χ0) is 50.0. The van der Waals surface area contributed by atoms with E-state index in [2.05, 4.69) is 48.4 Å². The van der Waals surface area contributed by atoms with Gasteiger partial charge in [0.05, 0.1) is 23.2 Å². The molecule has 3 atom stereocenters. The molecule has 1 spiro atoms. The molecule has 15 heteroatoms. The van der Waals surface area contributed by atoms with E-state index in [1.165, 1.54) is 37.3 Å². The lowest BCUT2D eigenvalue weighted by molar-refractivity contribution is -0.134. The van der Waals surface area contributed by atoms with Crippen molar-refractivity contribution in [3.05, 3.63) is 95.2 Å². The number of terminal acetylenes is 1. The first-order chi connectivity index (χ1) is 36.0. The Morgan fingerprint density at radius 1 is 0.811 bits per heavy atom. The fraction of sp³-hybridized carbons (Fsp3) is 0.458. The van der Waals surface area contributed by atoms with Gasteiger partial charge in [0.2, 0.25) is 11.8 Å². The Bertz CT molecular complexity index is 3370. The van der Waals surface area contributed by atoms with E-state index in [9.17, 15) is 14.4 Å². The molecule has 2 bridgehead atoms. The summed E-state index contributed by atoms with van der Waals surface area (Å²) in [4.78, 5) is 62.2. The van der Waals surface area contributed by atoms with Crippen LogP contribution >= 0.6 is 0 Å². The fourth-order valence-electron chi connectivity index (χ4n) is 14.4.